The second-order valence-corrected chi connectivity index (χ2v) is 3.76. The van der Waals surface area contributed by atoms with Crippen molar-refractivity contribution in [2.24, 2.45) is 0 Å². The Morgan fingerprint density at radius 3 is 2.35 bits per heavy atom. The highest BCUT2D eigenvalue weighted by molar-refractivity contribution is 6.29. The van der Waals surface area contributed by atoms with Gasteiger partial charge >= 0.3 is 5.97 Å². The Morgan fingerprint density at radius 2 is 1.94 bits per heavy atom. The van der Waals surface area contributed by atoms with E-state index >= 15 is 0 Å². The van der Waals surface area contributed by atoms with Crippen molar-refractivity contribution in [1.29, 1.82) is 0 Å². The van der Waals surface area contributed by atoms with Gasteiger partial charge in [0.2, 0.25) is 5.91 Å². The summed E-state index contributed by atoms with van der Waals surface area (Å²) >= 11 is 5.52. The first-order valence-electron chi connectivity index (χ1n) is 5.27. The minimum atomic E-state index is -1.03. The van der Waals surface area contributed by atoms with Gasteiger partial charge < -0.3 is 5.11 Å². The zero-order valence-electron chi connectivity index (χ0n) is 9.47. The van der Waals surface area contributed by atoms with Gasteiger partial charge in [-0.1, -0.05) is 25.1 Å². The molecule has 92 valence electrons. The maximum Gasteiger partial charge on any atom is 0.326 e. The predicted molar refractivity (Wildman–Crippen MR) is 66.4 cm³/mol. The molecule has 1 aromatic rings. The van der Waals surface area contributed by atoms with E-state index in [0.717, 1.165) is 0 Å². The van der Waals surface area contributed by atoms with Gasteiger partial charge in [-0.15, -0.1) is 11.6 Å². The van der Waals surface area contributed by atoms with Gasteiger partial charge in [-0.25, -0.2) is 4.79 Å². The zero-order chi connectivity index (χ0) is 12.8. The van der Waals surface area contributed by atoms with Gasteiger partial charge in [0, 0.05) is 5.69 Å². The molecule has 0 saturated heterocycles. The smallest absolute Gasteiger partial charge is 0.326 e. The lowest BCUT2D eigenvalue weighted by atomic mass is 10.1. The van der Waals surface area contributed by atoms with E-state index in [9.17, 15) is 9.59 Å². The van der Waals surface area contributed by atoms with E-state index in [1.807, 2.05) is 0 Å². The molecule has 0 bridgehead atoms. The SMILES string of the molecule is CCC(C(=O)O)N(C(=O)CCl)c1ccccc1. The van der Waals surface area contributed by atoms with Crippen molar-refractivity contribution < 1.29 is 14.7 Å². The molecule has 1 atom stereocenters. The van der Waals surface area contributed by atoms with Crippen LogP contribution in [0.2, 0.25) is 0 Å². The third-order valence-electron chi connectivity index (χ3n) is 2.40. The number of aliphatic carboxylic acids is 1. The summed E-state index contributed by atoms with van der Waals surface area (Å²) in [6.45, 7) is 1.72. The summed E-state index contributed by atoms with van der Waals surface area (Å²) in [6, 6.07) is 7.79. The van der Waals surface area contributed by atoms with Crippen molar-refractivity contribution in [3.8, 4) is 0 Å². The topological polar surface area (TPSA) is 57.6 Å². The number of amides is 1. The fourth-order valence-corrected chi connectivity index (χ4v) is 1.75. The van der Waals surface area contributed by atoms with E-state index in [-0.39, 0.29) is 5.88 Å². The minimum absolute atomic E-state index is 0.237. The number of hydrogen-bond acceptors (Lipinski definition) is 2. The molecular formula is C12H14ClNO3. The van der Waals surface area contributed by atoms with Crippen molar-refractivity contribution in [3.63, 3.8) is 0 Å². The van der Waals surface area contributed by atoms with Crippen molar-refractivity contribution in [2.75, 3.05) is 10.8 Å². The summed E-state index contributed by atoms with van der Waals surface area (Å²) in [5.41, 5.74) is 0.549. The molecule has 1 aromatic carbocycles. The van der Waals surface area contributed by atoms with Crippen LogP contribution in [0, 0.1) is 0 Å². The van der Waals surface area contributed by atoms with Gasteiger partial charge in [-0.3, -0.25) is 9.69 Å². The van der Waals surface area contributed by atoms with E-state index in [1.54, 1.807) is 37.3 Å². The number of hydrogen-bond donors (Lipinski definition) is 1. The van der Waals surface area contributed by atoms with Crippen molar-refractivity contribution in [2.45, 2.75) is 19.4 Å². The molecule has 1 unspecified atom stereocenters. The number of alkyl halides is 1. The van der Waals surface area contributed by atoms with Crippen molar-refractivity contribution in [1.82, 2.24) is 0 Å². The third-order valence-corrected chi connectivity index (χ3v) is 2.63. The van der Waals surface area contributed by atoms with Gasteiger partial charge in [0.05, 0.1) is 0 Å². The van der Waals surface area contributed by atoms with Gasteiger partial charge in [-0.2, -0.15) is 0 Å². The van der Waals surface area contributed by atoms with E-state index in [4.69, 9.17) is 16.7 Å². The predicted octanol–water partition coefficient (Wildman–Crippen LogP) is 2.12. The maximum absolute atomic E-state index is 11.7. The lowest BCUT2D eigenvalue weighted by molar-refractivity contribution is -0.140. The molecular weight excluding hydrogens is 242 g/mol. The molecule has 5 heteroatoms. The van der Waals surface area contributed by atoms with Crippen LogP contribution in [-0.4, -0.2) is 28.9 Å². The molecule has 17 heavy (non-hydrogen) atoms. The van der Waals surface area contributed by atoms with Gasteiger partial charge in [-0.05, 0) is 18.6 Å². The number of benzene rings is 1. The number of anilines is 1. The Hall–Kier alpha value is -1.55. The second-order valence-electron chi connectivity index (χ2n) is 3.50. The lowest BCUT2D eigenvalue weighted by Crippen LogP contribution is -2.45. The highest BCUT2D eigenvalue weighted by Gasteiger charge is 2.28. The van der Waals surface area contributed by atoms with E-state index in [0.29, 0.717) is 12.1 Å². The Balaban J connectivity index is 3.12. The molecule has 1 rings (SSSR count). The second kappa shape index (κ2) is 6.25. The summed E-state index contributed by atoms with van der Waals surface area (Å²) in [5, 5.41) is 9.11. The first-order valence-corrected chi connectivity index (χ1v) is 5.81. The largest absolute Gasteiger partial charge is 0.480 e. The van der Waals surface area contributed by atoms with Crippen LogP contribution in [0.15, 0.2) is 30.3 Å². The summed E-state index contributed by atoms with van der Waals surface area (Å²) in [5.74, 6) is -1.68. The van der Waals surface area contributed by atoms with Gasteiger partial charge in [0.1, 0.15) is 11.9 Å². The standard InChI is InChI=1S/C12H14ClNO3/c1-2-10(12(16)17)14(11(15)8-13)9-6-4-3-5-7-9/h3-7,10H,2,8H2,1H3,(H,16,17). The number of carboxylic acid groups (broad SMARTS) is 1. The zero-order valence-corrected chi connectivity index (χ0v) is 10.2. The molecule has 0 fully saturated rings. The lowest BCUT2D eigenvalue weighted by Gasteiger charge is -2.27. The molecule has 0 aliphatic heterocycles. The number of halogens is 1. The van der Waals surface area contributed by atoms with Crippen molar-refractivity contribution >= 4 is 29.2 Å². The van der Waals surface area contributed by atoms with Crippen LogP contribution in [0.5, 0.6) is 0 Å². The Labute approximate surface area is 105 Å². The maximum atomic E-state index is 11.7. The average Bonchev–Trinajstić information content (AvgIpc) is 2.35. The molecule has 4 nitrogen and oxygen atoms in total. The molecule has 0 saturated carbocycles. The molecule has 0 aliphatic carbocycles. The highest BCUT2D eigenvalue weighted by Crippen LogP contribution is 2.19. The first-order chi connectivity index (χ1) is 8.11. The van der Waals surface area contributed by atoms with Crippen molar-refractivity contribution in [3.05, 3.63) is 30.3 Å². The van der Waals surface area contributed by atoms with E-state index in [1.165, 1.54) is 4.90 Å². The Kier molecular flexibility index (Phi) is 4.97. The van der Waals surface area contributed by atoms with E-state index < -0.39 is 17.9 Å². The van der Waals surface area contributed by atoms with Crippen LogP contribution in [0.4, 0.5) is 5.69 Å². The number of para-hydroxylation sites is 1. The normalized spacial score (nSPS) is 11.9. The van der Waals surface area contributed by atoms with Gasteiger partial charge in [0.15, 0.2) is 0 Å². The molecule has 0 radical (unpaired) electrons. The third kappa shape index (κ3) is 3.20. The van der Waals surface area contributed by atoms with Crippen LogP contribution in [0.25, 0.3) is 0 Å². The molecule has 0 aliphatic rings. The number of carbonyl (C=O) groups is 2. The average molecular weight is 256 g/mol. The number of carboxylic acids is 1. The Bertz CT molecular complexity index is 394. The van der Waals surface area contributed by atoms with Gasteiger partial charge in [0.25, 0.3) is 0 Å². The summed E-state index contributed by atoms with van der Waals surface area (Å²) in [7, 11) is 0. The van der Waals surface area contributed by atoms with Crippen LogP contribution in [-0.2, 0) is 9.59 Å². The molecule has 1 N–H and O–H groups in total. The Morgan fingerprint density at radius 1 is 1.35 bits per heavy atom. The minimum Gasteiger partial charge on any atom is -0.480 e. The highest BCUT2D eigenvalue weighted by atomic mass is 35.5. The van der Waals surface area contributed by atoms with E-state index in [2.05, 4.69) is 0 Å². The summed E-state index contributed by atoms with van der Waals surface area (Å²) < 4.78 is 0. The van der Waals surface area contributed by atoms with Crippen LogP contribution in [0.1, 0.15) is 13.3 Å². The molecule has 1 amide bonds. The first kappa shape index (κ1) is 13.5. The summed E-state index contributed by atoms with van der Waals surface area (Å²) in [6.07, 6.45) is 0.326. The monoisotopic (exact) mass is 255 g/mol. The number of nitrogens with zero attached hydrogens (tertiary/aromatic N) is 1. The van der Waals surface area contributed by atoms with Crippen LogP contribution < -0.4 is 4.90 Å². The molecule has 0 aromatic heterocycles. The quantitative estimate of drug-likeness (QED) is 0.820. The fraction of sp³-hybridized carbons (Fsp3) is 0.333. The number of carbonyl (C=O) groups excluding carboxylic acids is 1. The molecule has 0 spiro atoms. The fourth-order valence-electron chi connectivity index (χ4n) is 1.62. The van der Waals surface area contributed by atoms with Crippen LogP contribution in [0.3, 0.4) is 0 Å². The summed E-state index contributed by atoms with van der Waals surface area (Å²) in [4.78, 5) is 24.1. The number of rotatable bonds is 5. The van der Waals surface area contributed by atoms with Crippen LogP contribution >= 0.6 is 11.6 Å². The molecule has 0 heterocycles.